The summed E-state index contributed by atoms with van der Waals surface area (Å²) in [6.45, 7) is 0.896. The highest BCUT2D eigenvalue weighted by Crippen LogP contribution is 2.34. The molecule has 1 fully saturated rings. The van der Waals surface area contributed by atoms with Gasteiger partial charge in [0.25, 0.3) is 11.8 Å². The van der Waals surface area contributed by atoms with Crippen LogP contribution in [0.2, 0.25) is 4.34 Å². The molecule has 1 atom stereocenters. The van der Waals surface area contributed by atoms with Crippen LogP contribution in [0.25, 0.3) is 11.1 Å². The van der Waals surface area contributed by atoms with Gasteiger partial charge in [0.1, 0.15) is 11.9 Å². The first-order chi connectivity index (χ1) is 16.6. The van der Waals surface area contributed by atoms with Crippen LogP contribution in [0.4, 0.5) is 5.69 Å². The first-order valence-corrected chi connectivity index (χ1v) is 13.9. The molecule has 35 heavy (non-hydrogen) atoms. The number of anilines is 1. The summed E-state index contributed by atoms with van der Waals surface area (Å²) < 4.78 is 33.0. The van der Waals surface area contributed by atoms with E-state index in [2.05, 4.69) is 10.0 Å². The molecule has 0 spiro atoms. The average Bonchev–Trinajstić information content (AvgIpc) is 3.46. The lowest BCUT2D eigenvalue weighted by atomic mass is 10.0. The van der Waals surface area contributed by atoms with E-state index in [1.54, 1.807) is 59.5 Å². The van der Waals surface area contributed by atoms with E-state index in [1.807, 2.05) is 0 Å². The summed E-state index contributed by atoms with van der Waals surface area (Å²) >= 11 is 7.20. The number of carbonyl (C=O) groups is 2. The van der Waals surface area contributed by atoms with E-state index in [0.717, 1.165) is 6.26 Å². The largest absolute Gasteiger partial charge is 0.488 e. The van der Waals surface area contributed by atoms with Crippen molar-refractivity contribution in [3.8, 4) is 16.9 Å². The normalized spacial score (nSPS) is 15.6. The summed E-state index contributed by atoms with van der Waals surface area (Å²) in [5.41, 5.74) is 2.09. The Balaban J connectivity index is 1.61. The Morgan fingerprint density at radius 2 is 1.91 bits per heavy atom. The third-order valence-corrected chi connectivity index (χ3v) is 7.31. The summed E-state index contributed by atoms with van der Waals surface area (Å²) in [6.07, 6.45) is 1.39. The van der Waals surface area contributed by atoms with Crippen LogP contribution < -0.4 is 14.8 Å². The van der Waals surface area contributed by atoms with E-state index in [4.69, 9.17) is 16.3 Å². The molecule has 2 aromatic carbocycles. The minimum Gasteiger partial charge on any atom is -0.488 e. The molecule has 0 aliphatic carbocycles. The van der Waals surface area contributed by atoms with Gasteiger partial charge in [-0.2, -0.15) is 0 Å². The minimum atomic E-state index is -3.49. The number of halogens is 1. The van der Waals surface area contributed by atoms with Crippen LogP contribution in [-0.2, 0) is 10.0 Å². The molecular weight excluding hydrogens is 510 g/mol. The number of hydrogen-bond acceptors (Lipinski definition) is 6. The molecule has 4 rings (SSSR count). The molecular formula is C24H24ClN3O5S2. The molecule has 0 bridgehead atoms. The summed E-state index contributed by atoms with van der Waals surface area (Å²) in [4.78, 5) is 27.6. The lowest BCUT2D eigenvalue weighted by Crippen LogP contribution is -2.30. The molecule has 1 aromatic heterocycles. The fraction of sp³-hybridized carbons (Fsp3) is 0.250. The van der Waals surface area contributed by atoms with Crippen LogP contribution in [0, 0.1) is 0 Å². The van der Waals surface area contributed by atoms with Gasteiger partial charge >= 0.3 is 0 Å². The van der Waals surface area contributed by atoms with Gasteiger partial charge in [0.2, 0.25) is 10.0 Å². The Morgan fingerprint density at radius 3 is 2.60 bits per heavy atom. The van der Waals surface area contributed by atoms with Gasteiger partial charge < -0.3 is 15.0 Å². The maximum Gasteiger partial charge on any atom is 0.264 e. The molecule has 0 radical (unpaired) electrons. The summed E-state index contributed by atoms with van der Waals surface area (Å²) in [7, 11) is -1.95. The smallest absolute Gasteiger partial charge is 0.264 e. The molecule has 2 heterocycles. The standard InChI is InChI=1S/C24H24ClN3O5S2/c1-26-23(29)18-8-7-15(17-5-3-4-6-19(17)27-35(2,31)32)13-20(18)33-16-11-12-28(14-16)24(30)21-9-10-22(25)34-21/h3-10,13,16,27H,11-12,14H2,1-2H3,(H,26,29)/t16-/m1/s1. The van der Waals surface area contributed by atoms with Crippen molar-refractivity contribution in [3.63, 3.8) is 0 Å². The molecule has 2 amide bonds. The Labute approximate surface area is 212 Å². The molecule has 1 aliphatic heterocycles. The van der Waals surface area contributed by atoms with Crippen molar-refractivity contribution in [1.29, 1.82) is 0 Å². The summed E-state index contributed by atoms with van der Waals surface area (Å²) in [5, 5.41) is 2.61. The number of sulfonamides is 1. The van der Waals surface area contributed by atoms with Crippen LogP contribution in [0.3, 0.4) is 0 Å². The number of ether oxygens (including phenoxy) is 1. The molecule has 11 heteroatoms. The summed E-state index contributed by atoms with van der Waals surface area (Å²) in [6, 6.07) is 15.5. The second-order valence-electron chi connectivity index (χ2n) is 8.09. The fourth-order valence-corrected chi connectivity index (χ4v) is 5.50. The van der Waals surface area contributed by atoms with Gasteiger partial charge in [0.05, 0.1) is 33.3 Å². The van der Waals surface area contributed by atoms with E-state index in [-0.39, 0.29) is 17.9 Å². The molecule has 8 nitrogen and oxygen atoms in total. The molecule has 0 unspecified atom stereocenters. The number of nitrogens with one attached hydrogen (secondary N) is 2. The number of likely N-dealkylation sites (tertiary alicyclic amines) is 1. The number of hydrogen-bond donors (Lipinski definition) is 2. The highest BCUT2D eigenvalue weighted by Gasteiger charge is 2.30. The predicted molar refractivity (Wildman–Crippen MR) is 138 cm³/mol. The van der Waals surface area contributed by atoms with Crippen LogP contribution in [0.5, 0.6) is 5.75 Å². The maximum atomic E-state index is 12.8. The van der Waals surface area contributed by atoms with Crippen molar-refractivity contribution in [2.24, 2.45) is 0 Å². The molecule has 1 saturated heterocycles. The van der Waals surface area contributed by atoms with Crippen LogP contribution in [0.1, 0.15) is 26.5 Å². The lowest BCUT2D eigenvalue weighted by molar-refractivity contribution is 0.0775. The van der Waals surface area contributed by atoms with Gasteiger partial charge in [-0.05, 0) is 35.9 Å². The summed E-state index contributed by atoms with van der Waals surface area (Å²) in [5.74, 6) is -0.0585. The van der Waals surface area contributed by atoms with Crippen molar-refractivity contribution < 1.29 is 22.7 Å². The molecule has 184 valence electrons. The predicted octanol–water partition coefficient (Wildman–Crippen LogP) is 4.09. The SMILES string of the molecule is CNC(=O)c1ccc(-c2ccccc2NS(C)(=O)=O)cc1O[C@@H]1CCN(C(=O)c2ccc(Cl)s2)C1. The van der Waals surface area contributed by atoms with E-state index in [1.165, 1.54) is 18.4 Å². The maximum absolute atomic E-state index is 12.8. The molecule has 3 aromatic rings. The first kappa shape index (κ1) is 25.0. The monoisotopic (exact) mass is 533 g/mol. The Kier molecular flexibility index (Phi) is 7.34. The Bertz CT molecular complexity index is 1370. The number of thiophene rings is 1. The van der Waals surface area contributed by atoms with Gasteiger partial charge in [-0.25, -0.2) is 8.42 Å². The number of nitrogens with zero attached hydrogens (tertiary/aromatic N) is 1. The topological polar surface area (TPSA) is 105 Å². The third-order valence-electron chi connectivity index (χ3n) is 5.50. The number of carbonyl (C=O) groups excluding carboxylic acids is 2. The molecule has 1 aliphatic rings. The zero-order valence-corrected chi connectivity index (χ0v) is 21.5. The van der Waals surface area contributed by atoms with Gasteiger partial charge in [0.15, 0.2) is 0 Å². The van der Waals surface area contributed by atoms with Gasteiger partial charge in [-0.3, -0.25) is 14.3 Å². The quantitative estimate of drug-likeness (QED) is 0.476. The van der Waals surface area contributed by atoms with Crippen LogP contribution in [0.15, 0.2) is 54.6 Å². The minimum absolute atomic E-state index is 0.103. The van der Waals surface area contributed by atoms with Crippen molar-refractivity contribution in [2.45, 2.75) is 12.5 Å². The zero-order chi connectivity index (χ0) is 25.2. The van der Waals surface area contributed by atoms with Crippen molar-refractivity contribution in [2.75, 3.05) is 31.1 Å². The van der Waals surface area contributed by atoms with Crippen molar-refractivity contribution in [1.82, 2.24) is 10.2 Å². The van der Waals surface area contributed by atoms with Gasteiger partial charge in [-0.15, -0.1) is 11.3 Å². The highest BCUT2D eigenvalue weighted by molar-refractivity contribution is 7.92. The van der Waals surface area contributed by atoms with E-state index in [0.29, 0.717) is 56.9 Å². The number of para-hydroxylation sites is 1. The number of amides is 2. The van der Waals surface area contributed by atoms with Gasteiger partial charge in [-0.1, -0.05) is 35.9 Å². The number of benzene rings is 2. The molecule has 0 saturated carbocycles. The highest BCUT2D eigenvalue weighted by atomic mass is 35.5. The first-order valence-electron chi connectivity index (χ1n) is 10.8. The third kappa shape index (κ3) is 5.95. The van der Waals surface area contributed by atoms with E-state index < -0.39 is 10.0 Å². The number of rotatable bonds is 7. The fourth-order valence-electron chi connectivity index (χ4n) is 3.91. The van der Waals surface area contributed by atoms with E-state index in [9.17, 15) is 18.0 Å². The Hall–Kier alpha value is -3.08. The second kappa shape index (κ2) is 10.3. The lowest BCUT2D eigenvalue weighted by Gasteiger charge is -2.19. The van der Waals surface area contributed by atoms with Crippen LogP contribution >= 0.6 is 22.9 Å². The average molecular weight is 534 g/mol. The van der Waals surface area contributed by atoms with E-state index >= 15 is 0 Å². The zero-order valence-electron chi connectivity index (χ0n) is 19.1. The second-order valence-corrected chi connectivity index (χ2v) is 11.6. The molecule has 2 N–H and O–H groups in total. The van der Waals surface area contributed by atoms with Crippen LogP contribution in [-0.4, -0.2) is 57.6 Å². The Morgan fingerprint density at radius 1 is 1.14 bits per heavy atom. The van der Waals surface area contributed by atoms with Crippen molar-refractivity contribution >= 4 is 50.5 Å². The van der Waals surface area contributed by atoms with Crippen molar-refractivity contribution in [3.05, 3.63) is 69.4 Å². The van der Waals surface area contributed by atoms with Gasteiger partial charge in [0, 0.05) is 25.6 Å².